The largest absolute Gasteiger partial charge is 0.357 e. The highest BCUT2D eigenvalue weighted by molar-refractivity contribution is 14.0. The smallest absolute Gasteiger partial charge is 0.191 e. The van der Waals surface area contributed by atoms with Crippen LogP contribution in [0.15, 0.2) is 29.3 Å². The van der Waals surface area contributed by atoms with Crippen LogP contribution >= 0.6 is 24.0 Å². The highest BCUT2D eigenvalue weighted by atomic mass is 127. The first-order valence-electron chi connectivity index (χ1n) is 8.96. The van der Waals surface area contributed by atoms with Crippen LogP contribution in [0, 0.1) is 25.5 Å². The first kappa shape index (κ1) is 23.3. The molecule has 1 aromatic heterocycles. The Morgan fingerprint density at radius 1 is 1.11 bits per heavy atom. The van der Waals surface area contributed by atoms with Gasteiger partial charge in [-0.3, -0.25) is 9.67 Å². The summed E-state index contributed by atoms with van der Waals surface area (Å²) in [6.45, 7) is 8.82. The van der Waals surface area contributed by atoms with Crippen molar-refractivity contribution in [3.8, 4) is 0 Å². The zero-order valence-electron chi connectivity index (χ0n) is 16.1. The lowest BCUT2D eigenvalue weighted by atomic mass is 10.1. The molecule has 150 valence electrons. The fourth-order valence-electron chi connectivity index (χ4n) is 2.73. The summed E-state index contributed by atoms with van der Waals surface area (Å²) in [5.41, 5.74) is 2.80. The van der Waals surface area contributed by atoms with E-state index in [4.69, 9.17) is 0 Å². The molecule has 1 aromatic carbocycles. The van der Waals surface area contributed by atoms with Gasteiger partial charge in [-0.05, 0) is 57.4 Å². The van der Waals surface area contributed by atoms with Crippen molar-refractivity contribution in [1.82, 2.24) is 20.4 Å². The van der Waals surface area contributed by atoms with E-state index >= 15 is 0 Å². The summed E-state index contributed by atoms with van der Waals surface area (Å²) in [6, 6.07) is 5.64. The number of benzene rings is 1. The van der Waals surface area contributed by atoms with Gasteiger partial charge in [-0.25, -0.2) is 8.78 Å². The Balaban J connectivity index is 0.00000364. The first-order chi connectivity index (χ1) is 12.5. The number of rotatable bonds is 8. The summed E-state index contributed by atoms with van der Waals surface area (Å²) in [5.74, 6) is -0.396. The van der Waals surface area contributed by atoms with Crippen molar-refractivity contribution >= 4 is 29.9 Å². The van der Waals surface area contributed by atoms with Crippen molar-refractivity contribution in [2.45, 2.75) is 40.2 Å². The fraction of sp³-hybridized carbons (Fsp3) is 0.474. The maximum absolute atomic E-state index is 13.2. The third-order valence-electron chi connectivity index (χ3n) is 3.87. The Hall–Kier alpha value is -1.71. The predicted molar refractivity (Wildman–Crippen MR) is 116 cm³/mol. The average molecular weight is 491 g/mol. The maximum atomic E-state index is 13.2. The van der Waals surface area contributed by atoms with Crippen molar-refractivity contribution < 1.29 is 8.78 Å². The van der Waals surface area contributed by atoms with Crippen LogP contribution in [0.1, 0.15) is 30.3 Å². The van der Waals surface area contributed by atoms with E-state index in [0.29, 0.717) is 31.0 Å². The topological polar surface area (TPSA) is 54.2 Å². The van der Waals surface area contributed by atoms with Crippen molar-refractivity contribution in [2.75, 3.05) is 19.6 Å². The monoisotopic (exact) mass is 491 g/mol. The van der Waals surface area contributed by atoms with Crippen LogP contribution in [0.25, 0.3) is 0 Å². The van der Waals surface area contributed by atoms with Crippen molar-refractivity contribution in [2.24, 2.45) is 4.99 Å². The molecule has 0 spiro atoms. The van der Waals surface area contributed by atoms with Crippen LogP contribution in [0.3, 0.4) is 0 Å². The summed E-state index contributed by atoms with van der Waals surface area (Å²) in [4.78, 5) is 4.54. The summed E-state index contributed by atoms with van der Waals surface area (Å²) >= 11 is 0. The van der Waals surface area contributed by atoms with Gasteiger partial charge in [0.05, 0.1) is 5.69 Å². The van der Waals surface area contributed by atoms with Crippen molar-refractivity contribution in [3.63, 3.8) is 0 Å². The molecular weight excluding hydrogens is 463 g/mol. The standard InChI is InChI=1S/C19H27F2N5.HI/c1-4-22-19(23-7-5-9-26-15(3)10-14(2)25-26)24-8-6-16-11-17(20)13-18(21)12-16;/h10-13H,4-9H2,1-3H3,(H2,22,23,24);1H. The minimum Gasteiger partial charge on any atom is -0.357 e. The summed E-state index contributed by atoms with van der Waals surface area (Å²) in [6.07, 6.45) is 1.40. The molecule has 0 radical (unpaired) electrons. The second kappa shape index (κ2) is 11.9. The molecular formula is C19H28F2IN5. The van der Waals surface area contributed by atoms with Crippen LogP contribution in [-0.2, 0) is 13.0 Å². The maximum Gasteiger partial charge on any atom is 0.191 e. The van der Waals surface area contributed by atoms with E-state index in [-0.39, 0.29) is 24.0 Å². The summed E-state index contributed by atoms with van der Waals surface area (Å²) < 4.78 is 28.4. The van der Waals surface area contributed by atoms with Gasteiger partial charge in [-0.2, -0.15) is 5.10 Å². The number of halogens is 3. The molecule has 0 aliphatic heterocycles. The van der Waals surface area contributed by atoms with Gasteiger partial charge in [0.15, 0.2) is 5.96 Å². The molecule has 0 unspecified atom stereocenters. The fourth-order valence-corrected chi connectivity index (χ4v) is 2.73. The zero-order chi connectivity index (χ0) is 18.9. The number of aliphatic imine (C=N–C) groups is 1. The molecule has 0 saturated carbocycles. The number of nitrogens with one attached hydrogen (secondary N) is 2. The van der Waals surface area contributed by atoms with Gasteiger partial charge in [0.25, 0.3) is 0 Å². The van der Waals surface area contributed by atoms with Gasteiger partial charge in [0, 0.05) is 37.9 Å². The molecule has 1 heterocycles. The molecule has 0 saturated heterocycles. The minimum atomic E-state index is -0.551. The van der Waals surface area contributed by atoms with E-state index in [9.17, 15) is 8.78 Å². The van der Waals surface area contributed by atoms with E-state index in [1.807, 2.05) is 25.5 Å². The Labute approximate surface area is 176 Å². The van der Waals surface area contributed by atoms with Gasteiger partial charge in [-0.1, -0.05) is 0 Å². The van der Waals surface area contributed by atoms with Crippen molar-refractivity contribution in [3.05, 3.63) is 52.9 Å². The zero-order valence-corrected chi connectivity index (χ0v) is 18.4. The summed E-state index contributed by atoms with van der Waals surface area (Å²) in [5, 5.41) is 10.8. The molecule has 2 rings (SSSR count). The third kappa shape index (κ3) is 8.23. The van der Waals surface area contributed by atoms with Crippen LogP contribution in [-0.4, -0.2) is 35.4 Å². The second-order valence-corrected chi connectivity index (χ2v) is 6.22. The molecule has 0 bridgehead atoms. The molecule has 0 fully saturated rings. The normalized spacial score (nSPS) is 11.2. The van der Waals surface area contributed by atoms with Crippen molar-refractivity contribution in [1.29, 1.82) is 0 Å². The van der Waals surface area contributed by atoms with Gasteiger partial charge in [0.2, 0.25) is 0 Å². The molecule has 5 nitrogen and oxygen atoms in total. The number of aromatic nitrogens is 2. The molecule has 8 heteroatoms. The number of nitrogens with zero attached hydrogens (tertiary/aromatic N) is 3. The Bertz CT molecular complexity index is 725. The van der Waals surface area contributed by atoms with E-state index in [1.165, 1.54) is 12.1 Å². The quantitative estimate of drug-likeness (QED) is 0.257. The Kier molecular flexibility index (Phi) is 10.3. The predicted octanol–water partition coefficient (Wildman–Crippen LogP) is 3.58. The first-order valence-corrected chi connectivity index (χ1v) is 8.96. The number of hydrogen-bond donors (Lipinski definition) is 2. The molecule has 0 atom stereocenters. The van der Waals surface area contributed by atoms with E-state index in [0.717, 1.165) is 37.0 Å². The summed E-state index contributed by atoms with van der Waals surface area (Å²) in [7, 11) is 0. The van der Waals surface area contributed by atoms with E-state index in [1.54, 1.807) is 0 Å². The van der Waals surface area contributed by atoms with Gasteiger partial charge >= 0.3 is 0 Å². The van der Waals surface area contributed by atoms with Gasteiger partial charge in [0.1, 0.15) is 11.6 Å². The van der Waals surface area contributed by atoms with Crippen LogP contribution in [0.4, 0.5) is 8.78 Å². The van der Waals surface area contributed by atoms with Gasteiger partial charge in [-0.15, -0.1) is 24.0 Å². The highest BCUT2D eigenvalue weighted by Gasteiger charge is 2.03. The van der Waals surface area contributed by atoms with Crippen LogP contribution < -0.4 is 10.6 Å². The lowest BCUT2D eigenvalue weighted by Gasteiger charge is -2.11. The molecule has 2 N–H and O–H groups in total. The second-order valence-electron chi connectivity index (χ2n) is 6.22. The van der Waals surface area contributed by atoms with E-state index in [2.05, 4.69) is 26.8 Å². The average Bonchev–Trinajstić information content (AvgIpc) is 2.88. The molecule has 2 aromatic rings. The van der Waals surface area contributed by atoms with E-state index < -0.39 is 11.6 Å². The Morgan fingerprint density at radius 3 is 2.41 bits per heavy atom. The molecule has 0 aliphatic rings. The number of guanidine groups is 1. The lowest BCUT2D eigenvalue weighted by Crippen LogP contribution is -2.38. The Morgan fingerprint density at radius 2 is 1.81 bits per heavy atom. The third-order valence-corrected chi connectivity index (χ3v) is 3.87. The SMILES string of the molecule is CCNC(=NCCCn1nc(C)cc1C)NCCc1cc(F)cc(F)c1.I. The van der Waals surface area contributed by atoms with Crippen LogP contribution in [0.5, 0.6) is 0 Å². The minimum absolute atomic E-state index is 0. The van der Waals surface area contributed by atoms with Crippen LogP contribution in [0.2, 0.25) is 0 Å². The highest BCUT2D eigenvalue weighted by Crippen LogP contribution is 2.08. The molecule has 0 amide bonds. The number of hydrogen-bond acceptors (Lipinski definition) is 2. The molecule has 27 heavy (non-hydrogen) atoms. The van der Waals surface area contributed by atoms with Gasteiger partial charge < -0.3 is 10.6 Å². The lowest BCUT2D eigenvalue weighted by molar-refractivity contribution is 0.567. The number of aryl methyl sites for hydroxylation is 3. The molecule has 0 aliphatic carbocycles.